The van der Waals surface area contributed by atoms with Gasteiger partial charge in [-0.25, -0.2) is 4.98 Å². The van der Waals surface area contributed by atoms with E-state index >= 15 is 0 Å². The Bertz CT molecular complexity index is 502. The van der Waals surface area contributed by atoms with Crippen molar-refractivity contribution in [2.45, 2.75) is 9.92 Å². The summed E-state index contributed by atoms with van der Waals surface area (Å²) in [6, 6.07) is 8.48. The summed E-state index contributed by atoms with van der Waals surface area (Å²) in [7, 11) is 0. The second-order valence-electron chi connectivity index (χ2n) is 3.04. The molecular formula is C11H7Cl2NOS. The highest BCUT2D eigenvalue weighted by Crippen LogP contribution is 2.33. The van der Waals surface area contributed by atoms with Crippen LogP contribution in [0.25, 0.3) is 0 Å². The summed E-state index contributed by atoms with van der Waals surface area (Å²) in [4.78, 5) is 5.09. The van der Waals surface area contributed by atoms with Gasteiger partial charge in [-0.2, -0.15) is 0 Å². The standard InChI is InChI=1S/C11H7Cl2NOS/c12-7-5-10(13)11(14-6-7)16-9-3-1-8(15)2-4-9/h1-6,15H. The topological polar surface area (TPSA) is 33.1 Å². The molecular weight excluding hydrogens is 265 g/mol. The highest BCUT2D eigenvalue weighted by atomic mass is 35.5. The quantitative estimate of drug-likeness (QED) is 0.887. The molecule has 0 bridgehead atoms. The van der Waals surface area contributed by atoms with Crippen LogP contribution in [0, 0.1) is 0 Å². The minimum atomic E-state index is 0.236. The summed E-state index contributed by atoms with van der Waals surface area (Å²) in [5.74, 6) is 0.236. The van der Waals surface area contributed by atoms with Crippen LogP contribution < -0.4 is 0 Å². The van der Waals surface area contributed by atoms with Crippen LogP contribution in [-0.4, -0.2) is 10.1 Å². The Kier molecular flexibility index (Phi) is 3.59. The number of hydrogen-bond acceptors (Lipinski definition) is 3. The van der Waals surface area contributed by atoms with Crippen LogP contribution in [-0.2, 0) is 0 Å². The average Bonchev–Trinajstić information content (AvgIpc) is 2.25. The Morgan fingerprint density at radius 3 is 2.44 bits per heavy atom. The normalized spacial score (nSPS) is 10.4. The average molecular weight is 272 g/mol. The lowest BCUT2D eigenvalue weighted by atomic mass is 10.3. The Balaban J connectivity index is 2.23. The van der Waals surface area contributed by atoms with E-state index in [9.17, 15) is 0 Å². The third-order valence-corrected chi connectivity index (χ3v) is 3.46. The molecule has 0 aliphatic heterocycles. The van der Waals surface area contributed by atoms with E-state index in [1.807, 2.05) is 0 Å². The van der Waals surface area contributed by atoms with Gasteiger partial charge in [0.05, 0.1) is 10.0 Å². The van der Waals surface area contributed by atoms with Crippen LogP contribution in [0.3, 0.4) is 0 Å². The lowest BCUT2D eigenvalue weighted by Crippen LogP contribution is -1.81. The monoisotopic (exact) mass is 271 g/mol. The number of nitrogens with zero attached hydrogens (tertiary/aromatic N) is 1. The molecule has 2 rings (SSSR count). The molecule has 1 aromatic carbocycles. The SMILES string of the molecule is Oc1ccc(Sc2ncc(Cl)cc2Cl)cc1. The van der Waals surface area contributed by atoms with E-state index in [2.05, 4.69) is 4.98 Å². The molecule has 0 spiro atoms. The van der Waals surface area contributed by atoms with E-state index in [0.29, 0.717) is 15.1 Å². The summed E-state index contributed by atoms with van der Waals surface area (Å²) in [5.41, 5.74) is 0. The predicted molar refractivity (Wildman–Crippen MR) is 66.5 cm³/mol. The molecule has 1 heterocycles. The summed E-state index contributed by atoms with van der Waals surface area (Å²) >= 11 is 13.2. The minimum Gasteiger partial charge on any atom is -0.508 e. The summed E-state index contributed by atoms with van der Waals surface area (Å²) < 4.78 is 0. The fraction of sp³-hybridized carbons (Fsp3) is 0. The first kappa shape index (κ1) is 11.6. The second kappa shape index (κ2) is 4.95. The molecule has 1 N–H and O–H groups in total. The maximum absolute atomic E-state index is 9.15. The van der Waals surface area contributed by atoms with Gasteiger partial charge < -0.3 is 5.11 Å². The van der Waals surface area contributed by atoms with Gasteiger partial charge in [0.25, 0.3) is 0 Å². The maximum atomic E-state index is 9.15. The minimum absolute atomic E-state index is 0.236. The molecule has 1 aromatic heterocycles. The van der Waals surface area contributed by atoms with Crippen LogP contribution in [0.4, 0.5) is 0 Å². The molecule has 2 aromatic rings. The Morgan fingerprint density at radius 1 is 1.12 bits per heavy atom. The van der Waals surface area contributed by atoms with Crippen molar-refractivity contribution in [3.8, 4) is 5.75 Å². The number of aromatic nitrogens is 1. The molecule has 0 radical (unpaired) electrons. The first-order valence-electron chi connectivity index (χ1n) is 4.43. The van der Waals surface area contributed by atoms with Crippen LogP contribution in [0.15, 0.2) is 46.5 Å². The van der Waals surface area contributed by atoms with Gasteiger partial charge in [0, 0.05) is 11.1 Å². The summed E-state index contributed by atoms with van der Waals surface area (Å²) in [6.45, 7) is 0. The van der Waals surface area contributed by atoms with Gasteiger partial charge in [-0.15, -0.1) is 0 Å². The van der Waals surface area contributed by atoms with E-state index in [0.717, 1.165) is 4.90 Å². The molecule has 0 atom stereocenters. The molecule has 0 saturated heterocycles. The zero-order valence-corrected chi connectivity index (χ0v) is 10.4. The molecule has 5 heteroatoms. The number of rotatable bonds is 2. The first-order valence-corrected chi connectivity index (χ1v) is 6.00. The molecule has 82 valence electrons. The Morgan fingerprint density at radius 2 is 1.81 bits per heavy atom. The van der Waals surface area contributed by atoms with Gasteiger partial charge >= 0.3 is 0 Å². The van der Waals surface area contributed by atoms with Gasteiger partial charge in [0.2, 0.25) is 0 Å². The predicted octanol–water partition coefficient (Wildman–Crippen LogP) is 4.25. The number of pyridine rings is 1. The number of benzene rings is 1. The van der Waals surface area contributed by atoms with Crippen LogP contribution in [0.1, 0.15) is 0 Å². The number of halogens is 2. The lowest BCUT2D eigenvalue weighted by Gasteiger charge is -2.03. The van der Waals surface area contributed by atoms with Crippen molar-refractivity contribution in [1.29, 1.82) is 0 Å². The van der Waals surface area contributed by atoms with Crippen molar-refractivity contribution < 1.29 is 5.11 Å². The van der Waals surface area contributed by atoms with E-state index in [1.54, 1.807) is 36.5 Å². The van der Waals surface area contributed by atoms with Gasteiger partial charge in [-0.1, -0.05) is 35.0 Å². The summed E-state index contributed by atoms with van der Waals surface area (Å²) in [5, 5.41) is 10.9. The maximum Gasteiger partial charge on any atom is 0.119 e. The highest BCUT2D eigenvalue weighted by Gasteiger charge is 2.05. The van der Waals surface area contributed by atoms with Crippen LogP contribution >= 0.6 is 35.0 Å². The second-order valence-corrected chi connectivity index (χ2v) is 4.94. The number of hydrogen-bond donors (Lipinski definition) is 1. The Hall–Kier alpha value is -0.900. The van der Waals surface area contributed by atoms with Crippen molar-refractivity contribution in [2.24, 2.45) is 0 Å². The number of phenolic OH excluding ortho intramolecular Hbond substituents is 1. The largest absolute Gasteiger partial charge is 0.508 e. The van der Waals surface area contributed by atoms with E-state index in [4.69, 9.17) is 28.3 Å². The highest BCUT2D eigenvalue weighted by molar-refractivity contribution is 7.99. The zero-order valence-electron chi connectivity index (χ0n) is 8.02. The molecule has 0 fully saturated rings. The van der Waals surface area contributed by atoms with Crippen LogP contribution in [0.2, 0.25) is 10.0 Å². The van der Waals surface area contributed by atoms with Crippen molar-refractivity contribution in [1.82, 2.24) is 4.98 Å². The Labute approximate surface area is 107 Å². The van der Waals surface area contributed by atoms with Crippen LogP contribution in [0.5, 0.6) is 5.75 Å². The smallest absolute Gasteiger partial charge is 0.119 e. The van der Waals surface area contributed by atoms with Crippen molar-refractivity contribution in [3.05, 3.63) is 46.6 Å². The fourth-order valence-electron chi connectivity index (χ4n) is 1.10. The molecule has 16 heavy (non-hydrogen) atoms. The van der Waals surface area contributed by atoms with Crippen molar-refractivity contribution in [3.63, 3.8) is 0 Å². The number of aromatic hydroxyl groups is 1. The van der Waals surface area contributed by atoms with Gasteiger partial charge in [0.1, 0.15) is 10.8 Å². The number of phenols is 1. The van der Waals surface area contributed by atoms with Gasteiger partial charge in [-0.05, 0) is 30.3 Å². The zero-order chi connectivity index (χ0) is 11.5. The molecule has 0 amide bonds. The van der Waals surface area contributed by atoms with E-state index < -0.39 is 0 Å². The fourth-order valence-corrected chi connectivity index (χ4v) is 2.36. The molecule has 0 aliphatic carbocycles. The lowest BCUT2D eigenvalue weighted by molar-refractivity contribution is 0.475. The third-order valence-electron chi connectivity index (χ3n) is 1.83. The van der Waals surface area contributed by atoms with E-state index in [-0.39, 0.29) is 5.75 Å². The van der Waals surface area contributed by atoms with Gasteiger partial charge in [0.15, 0.2) is 0 Å². The van der Waals surface area contributed by atoms with Crippen molar-refractivity contribution in [2.75, 3.05) is 0 Å². The van der Waals surface area contributed by atoms with Gasteiger partial charge in [-0.3, -0.25) is 0 Å². The van der Waals surface area contributed by atoms with Crippen molar-refractivity contribution >= 4 is 35.0 Å². The molecule has 0 aliphatic rings. The summed E-state index contributed by atoms with van der Waals surface area (Å²) in [6.07, 6.45) is 1.55. The molecule has 0 saturated carbocycles. The third kappa shape index (κ3) is 2.82. The first-order chi connectivity index (χ1) is 7.65. The molecule has 2 nitrogen and oxygen atoms in total. The molecule has 0 unspecified atom stereocenters. The van der Waals surface area contributed by atoms with E-state index in [1.165, 1.54) is 11.8 Å².